The summed E-state index contributed by atoms with van der Waals surface area (Å²) < 4.78 is 6.81. The maximum Gasteiger partial charge on any atom is 0.282 e. The van der Waals surface area contributed by atoms with E-state index < -0.39 is 0 Å². The zero-order chi connectivity index (χ0) is 24.5. The van der Waals surface area contributed by atoms with Crippen LogP contribution in [0.1, 0.15) is 0 Å². The first-order valence-electron chi connectivity index (χ1n) is 11.2. The van der Waals surface area contributed by atoms with E-state index >= 15 is 0 Å². The van der Waals surface area contributed by atoms with Crippen molar-refractivity contribution >= 4 is 27.9 Å². The first-order chi connectivity index (χ1) is 17.7. The molecule has 0 atom stereocenters. The highest BCUT2D eigenvalue weighted by atomic mass is 32.1. The summed E-state index contributed by atoms with van der Waals surface area (Å²) in [5.74, 6) is 1.10. The van der Waals surface area contributed by atoms with Crippen LogP contribution in [0, 0.1) is 0 Å². The largest absolute Gasteiger partial charge is 0.497 e. The maximum absolute atomic E-state index is 14.0. The molecule has 3 aromatic heterocycles. The van der Waals surface area contributed by atoms with Crippen LogP contribution < -0.4 is 15.6 Å². The number of ether oxygens (including phenoxy) is 1. The smallest absolute Gasteiger partial charge is 0.282 e. The van der Waals surface area contributed by atoms with Gasteiger partial charge in [-0.3, -0.25) is 9.89 Å². The molecule has 3 aromatic carbocycles. The van der Waals surface area contributed by atoms with Gasteiger partial charge in [-0.15, -0.1) is 10.2 Å². The average molecular weight is 493 g/mol. The molecule has 176 valence electrons. The molecular formula is C27H20N6O2S. The molecule has 0 aliphatic carbocycles. The van der Waals surface area contributed by atoms with E-state index in [1.165, 1.54) is 15.9 Å². The number of hydrogen-bond acceptors (Lipinski definition) is 7. The first kappa shape index (κ1) is 21.8. The molecule has 6 rings (SSSR count). The number of benzene rings is 3. The summed E-state index contributed by atoms with van der Waals surface area (Å²) in [7, 11) is 1.61. The SMILES string of the molecule is COc1ccc(-c2c(Nc3nncs3)nc3c(-c4ccccc4)c(-c4ccccc4)[nH]n3c2=O)cc1. The molecule has 0 saturated heterocycles. The molecule has 3 heterocycles. The fourth-order valence-electron chi connectivity index (χ4n) is 4.20. The van der Waals surface area contributed by atoms with E-state index in [0.717, 1.165) is 22.4 Å². The molecule has 0 amide bonds. The molecule has 0 saturated carbocycles. The molecule has 0 bridgehead atoms. The number of nitrogens with one attached hydrogen (secondary N) is 2. The van der Waals surface area contributed by atoms with Crippen molar-refractivity contribution in [3.8, 4) is 39.3 Å². The number of aromatic amines is 1. The third-order valence-corrected chi connectivity index (χ3v) is 6.48. The van der Waals surface area contributed by atoms with Gasteiger partial charge in [-0.25, -0.2) is 4.98 Å². The van der Waals surface area contributed by atoms with Gasteiger partial charge in [-0.2, -0.15) is 4.52 Å². The maximum atomic E-state index is 14.0. The van der Waals surface area contributed by atoms with E-state index in [9.17, 15) is 4.79 Å². The Labute approximate surface area is 209 Å². The van der Waals surface area contributed by atoms with Crippen molar-refractivity contribution in [3.05, 3.63) is 101 Å². The van der Waals surface area contributed by atoms with Crippen LogP contribution in [0.25, 0.3) is 39.2 Å². The van der Waals surface area contributed by atoms with Gasteiger partial charge in [0.2, 0.25) is 5.13 Å². The zero-order valence-electron chi connectivity index (χ0n) is 19.2. The summed E-state index contributed by atoms with van der Waals surface area (Å²) in [6.07, 6.45) is 0. The Morgan fingerprint density at radius 3 is 2.17 bits per heavy atom. The lowest BCUT2D eigenvalue weighted by molar-refractivity contribution is 0.415. The van der Waals surface area contributed by atoms with Crippen molar-refractivity contribution in [3.63, 3.8) is 0 Å². The first-order valence-corrected chi connectivity index (χ1v) is 12.1. The summed E-state index contributed by atoms with van der Waals surface area (Å²) in [4.78, 5) is 19.0. The second-order valence-corrected chi connectivity index (χ2v) is 8.82. The fraction of sp³-hybridized carbons (Fsp3) is 0.0370. The highest BCUT2D eigenvalue weighted by Gasteiger charge is 2.23. The Hall–Kier alpha value is -4.76. The Balaban J connectivity index is 1.67. The standard InChI is InChI=1S/C27H20N6O2S/c1-35-20-14-12-18(13-15-20)22-24(30-27-31-28-16-36-27)29-25-21(17-8-4-2-5-9-17)23(32-33(25)26(22)34)19-10-6-3-7-11-19/h2-16,32H,1H3,(H,30,31). The van der Waals surface area contributed by atoms with Crippen molar-refractivity contribution in [2.45, 2.75) is 0 Å². The highest BCUT2D eigenvalue weighted by Crippen LogP contribution is 2.36. The minimum absolute atomic E-state index is 0.239. The van der Waals surface area contributed by atoms with Gasteiger partial charge < -0.3 is 10.1 Å². The van der Waals surface area contributed by atoms with Crippen molar-refractivity contribution in [1.82, 2.24) is 24.8 Å². The topological polar surface area (TPSA) is 97.2 Å². The van der Waals surface area contributed by atoms with Crippen molar-refractivity contribution in [1.29, 1.82) is 0 Å². The fourth-order valence-corrected chi connectivity index (χ4v) is 4.65. The van der Waals surface area contributed by atoms with Gasteiger partial charge in [-0.05, 0) is 23.3 Å². The lowest BCUT2D eigenvalue weighted by Crippen LogP contribution is -2.19. The van der Waals surface area contributed by atoms with Gasteiger partial charge in [0.05, 0.1) is 23.9 Å². The lowest BCUT2D eigenvalue weighted by Gasteiger charge is -2.11. The number of aromatic nitrogens is 5. The molecule has 0 spiro atoms. The second-order valence-electron chi connectivity index (χ2n) is 7.99. The molecule has 9 heteroatoms. The van der Waals surface area contributed by atoms with Gasteiger partial charge in [0.1, 0.15) is 17.1 Å². The van der Waals surface area contributed by atoms with Crippen LogP contribution in [0.3, 0.4) is 0 Å². The molecule has 6 aromatic rings. The monoisotopic (exact) mass is 492 g/mol. The van der Waals surface area contributed by atoms with Crippen LogP contribution >= 0.6 is 11.3 Å². The molecule has 0 radical (unpaired) electrons. The van der Waals surface area contributed by atoms with Crippen LogP contribution in [0.4, 0.5) is 10.9 Å². The average Bonchev–Trinajstić information content (AvgIpc) is 3.58. The Morgan fingerprint density at radius 2 is 1.53 bits per heavy atom. The van der Waals surface area contributed by atoms with Crippen LogP contribution in [0.2, 0.25) is 0 Å². The Kier molecular flexibility index (Phi) is 5.51. The summed E-state index contributed by atoms with van der Waals surface area (Å²) in [5.41, 5.74) is 6.54. The summed E-state index contributed by atoms with van der Waals surface area (Å²) >= 11 is 1.33. The number of hydrogen-bond donors (Lipinski definition) is 2. The van der Waals surface area contributed by atoms with E-state index in [1.54, 1.807) is 12.6 Å². The number of fused-ring (bicyclic) bond motifs is 1. The number of anilines is 2. The predicted octanol–water partition coefficient (Wildman–Crippen LogP) is 5.63. The molecule has 8 nitrogen and oxygen atoms in total. The van der Waals surface area contributed by atoms with Crippen molar-refractivity contribution in [2.24, 2.45) is 0 Å². The zero-order valence-corrected chi connectivity index (χ0v) is 20.0. The van der Waals surface area contributed by atoms with Gasteiger partial charge in [-0.1, -0.05) is 84.1 Å². The quantitative estimate of drug-likeness (QED) is 0.313. The molecule has 0 fully saturated rings. The summed E-state index contributed by atoms with van der Waals surface area (Å²) in [5, 5.41) is 15.1. The van der Waals surface area contributed by atoms with Gasteiger partial charge in [0.25, 0.3) is 5.56 Å². The van der Waals surface area contributed by atoms with E-state index in [-0.39, 0.29) is 5.56 Å². The normalized spacial score (nSPS) is 11.0. The molecule has 36 heavy (non-hydrogen) atoms. The predicted molar refractivity (Wildman–Crippen MR) is 142 cm³/mol. The molecular weight excluding hydrogens is 472 g/mol. The van der Waals surface area contributed by atoms with Crippen LogP contribution in [-0.2, 0) is 0 Å². The van der Waals surface area contributed by atoms with Gasteiger partial charge >= 0.3 is 0 Å². The Bertz CT molecular complexity index is 1690. The van der Waals surface area contributed by atoms with Gasteiger partial charge in [0.15, 0.2) is 5.65 Å². The minimum atomic E-state index is -0.239. The molecule has 0 aliphatic rings. The molecule has 0 aliphatic heterocycles. The van der Waals surface area contributed by atoms with Crippen LogP contribution in [0.15, 0.2) is 95.2 Å². The van der Waals surface area contributed by atoms with E-state index in [0.29, 0.717) is 33.5 Å². The van der Waals surface area contributed by atoms with E-state index in [4.69, 9.17) is 9.72 Å². The third kappa shape index (κ3) is 3.81. The number of rotatable bonds is 6. The minimum Gasteiger partial charge on any atom is -0.497 e. The van der Waals surface area contributed by atoms with Crippen molar-refractivity contribution < 1.29 is 4.74 Å². The lowest BCUT2D eigenvalue weighted by atomic mass is 10.0. The third-order valence-electron chi connectivity index (χ3n) is 5.87. The summed E-state index contributed by atoms with van der Waals surface area (Å²) in [6, 6.07) is 27.2. The van der Waals surface area contributed by atoms with E-state index in [1.807, 2.05) is 84.9 Å². The molecule has 0 unspecified atom stereocenters. The highest BCUT2D eigenvalue weighted by molar-refractivity contribution is 7.13. The second kappa shape index (κ2) is 9.12. The molecule has 2 N–H and O–H groups in total. The van der Waals surface area contributed by atoms with Crippen LogP contribution in [0.5, 0.6) is 5.75 Å². The number of H-pyrrole nitrogens is 1. The van der Waals surface area contributed by atoms with E-state index in [2.05, 4.69) is 20.6 Å². The van der Waals surface area contributed by atoms with Crippen molar-refractivity contribution in [2.75, 3.05) is 12.4 Å². The Morgan fingerprint density at radius 1 is 0.861 bits per heavy atom. The number of methoxy groups -OCH3 is 1. The number of nitrogens with zero attached hydrogens (tertiary/aromatic N) is 4. The van der Waals surface area contributed by atoms with Crippen LogP contribution in [-0.4, -0.2) is 31.9 Å². The summed E-state index contributed by atoms with van der Waals surface area (Å²) in [6.45, 7) is 0. The van der Waals surface area contributed by atoms with Gasteiger partial charge in [0, 0.05) is 5.56 Å².